The molecule has 0 radical (unpaired) electrons. The number of benzene rings is 2. The van der Waals surface area contributed by atoms with Crippen LogP contribution in [0.1, 0.15) is 21.6 Å². The first kappa shape index (κ1) is 13.9. The summed E-state index contributed by atoms with van der Waals surface area (Å²) in [5.74, 6) is -0.426. The lowest BCUT2D eigenvalue weighted by Crippen LogP contribution is -2.10. The zero-order valence-electron chi connectivity index (χ0n) is 12.3. The Bertz CT molecular complexity index is 1020. The van der Waals surface area contributed by atoms with Gasteiger partial charge in [-0.25, -0.2) is 0 Å². The van der Waals surface area contributed by atoms with E-state index in [1.807, 2.05) is 24.3 Å². The Labute approximate surface area is 137 Å². The normalized spacial score (nSPS) is 11.1. The van der Waals surface area contributed by atoms with Crippen LogP contribution < -0.4 is 5.73 Å². The molecule has 0 fully saturated rings. The number of nitrogens with two attached hydrogens (primary N) is 1. The van der Waals surface area contributed by atoms with E-state index >= 15 is 0 Å². The monoisotopic (exact) mass is 318 g/mol. The van der Waals surface area contributed by atoms with Gasteiger partial charge in [0.2, 0.25) is 5.91 Å². The molecule has 2 heterocycles. The van der Waals surface area contributed by atoms with Crippen molar-refractivity contribution in [3.8, 4) is 0 Å². The predicted molar refractivity (Wildman–Crippen MR) is 94.9 cm³/mol. The van der Waals surface area contributed by atoms with Gasteiger partial charge in [-0.3, -0.25) is 9.78 Å². The lowest BCUT2D eigenvalue weighted by molar-refractivity contribution is 0.100. The molecule has 0 aliphatic rings. The molecular weight excluding hydrogens is 304 g/mol. The lowest BCUT2D eigenvalue weighted by Gasteiger charge is -2.08. The average molecular weight is 318 g/mol. The van der Waals surface area contributed by atoms with Crippen LogP contribution in [0.2, 0.25) is 0 Å². The number of fused-ring (bicyclic) bond motifs is 3. The second-order valence-electron chi connectivity index (χ2n) is 5.48. The van der Waals surface area contributed by atoms with Crippen molar-refractivity contribution in [3.05, 3.63) is 76.8 Å². The number of amides is 1. The van der Waals surface area contributed by atoms with Gasteiger partial charge in [-0.1, -0.05) is 36.4 Å². The van der Waals surface area contributed by atoms with Crippen molar-refractivity contribution in [1.29, 1.82) is 0 Å². The molecule has 0 spiro atoms. The number of aromatic nitrogens is 1. The first-order valence-corrected chi connectivity index (χ1v) is 8.24. The molecular formula is C19H14N2OS. The zero-order chi connectivity index (χ0) is 15.8. The highest BCUT2D eigenvalue weighted by atomic mass is 32.1. The number of thiophene rings is 1. The fourth-order valence-electron chi connectivity index (χ4n) is 2.84. The molecule has 2 N–H and O–H groups in total. The van der Waals surface area contributed by atoms with Crippen molar-refractivity contribution in [1.82, 2.24) is 4.98 Å². The van der Waals surface area contributed by atoms with Crippen molar-refractivity contribution < 1.29 is 4.79 Å². The number of hydrogen-bond donors (Lipinski definition) is 1. The molecule has 23 heavy (non-hydrogen) atoms. The molecule has 4 rings (SSSR count). The summed E-state index contributed by atoms with van der Waals surface area (Å²) in [4.78, 5) is 16.2. The topological polar surface area (TPSA) is 56.0 Å². The third kappa shape index (κ3) is 2.47. The van der Waals surface area contributed by atoms with Crippen molar-refractivity contribution in [2.24, 2.45) is 5.73 Å². The van der Waals surface area contributed by atoms with Crippen LogP contribution in [-0.2, 0) is 6.42 Å². The number of rotatable bonds is 3. The van der Waals surface area contributed by atoms with Gasteiger partial charge in [-0.2, -0.15) is 0 Å². The van der Waals surface area contributed by atoms with E-state index in [1.165, 1.54) is 15.6 Å². The van der Waals surface area contributed by atoms with Crippen molar-refractivity contribution in [3.63, 3.8) is 0 Å². The second-order valence-corrected chi connectivity index (χ2v) is 6.40. The van der Waals surface area contributed by atoms with E-state index in [4.69, 9.17) is 10.7 Å². The van der Waals surface area contributed by atoms with Crippen LogP contribution in [0.5, 0.6) is 0 Å². The standard InChI is InChI=1S/C19H14N2OS/c20-19(22)13-6-7-14-17(11-13)21-16(15-8-9-23-18(14)15)10-12-4-2-1-3-5-12/h1-9,11H,10H2,(H2,20,22). The van der Waals surface area contributed by atoms with E-state index in [9.17, 15) is 4.79 Å². The molecule has 1 amide bonds. The van der Waals surface area contributed by atoms with Gasteiger partial charge in [0.05, 0.1) is 11.2 Å². The largest absolute Gasteiger partial charge is 0.366 e. The van der Waals surface area contributed by atoms with Crippen molar-refractivity contribution in [2.75, 3.05) is 0 Å². The van der Waals surface area contributed by atoms with Crippen LogP contribution in [0.25, 0.3) is 21.0 Å². The fourth-order valence-corrected chi connectivity index (χ4v) is 3.80. The Kier molecular flexibility index (Phi) is 3.32. The average Bonchev–Trinajstić information content (AvgIpc) is 3.05. The highest BCUT2D eigenvalue weighted by molar-refractivity contribution is 7.18. The molecule has 0 saturated carbocycles. The van der Waals surface area contributed by atoms with E-state index in [0.29, 0.717) is 5.56 Å². The number of carbonyl (C=O) groups excluding carboxylic acids is 1. The molecule has 2 aromatic carbocycles. The van der Waals surface area contributed by atoms with Crippen LogP contribution in [0.4, 0.5) is 0 Å². The Balaban J connectivity index is 1.94. The quantitative estimate of drug-likeness (QED) is 0.617. The first-order chi connectivity index (χ1) is 11.2. The first-order valence-electron chi connectivity index (χ1n) is 7.36. The van der Waals surface area contributed by atoms with Crippen LogP contribution >= 0.6 is 11.3 Å². The van der Waals surface area contributed by atoms with Gasteiger partial charge in [0, 0.05) is 27.5 Å². The van der Waals surface area contributed by atoms with Gasteiger partial charge in [0.15, 0.2) is 0 Å². The maximum atomic E-state index is 11.4. The third-order valence-corrected chi connectivity index (χ3v) is 4.92. The molecule has 0 saturated heterocycles. The van der Waals surface area contributed by atoms with Gasteiger partial charge < -0.3 is 5.73 Å². The minimum absolute atomic E-state index is 0.426. The van der Waals surface area contributed by atoms with Crippen LogP contribution in [0.3, 0.4) is 0 Å². The van der Waals surface area contributed by atoms with Gasteiger partial charge >= 0.3 is 0 Å². The summed E-state index contributed by atoms with van der Waals surface area (Å²) in [5, 5.41) is 4.33. The summed E-state index contributed by atoms with van der Waals surface area (Å²) in [6.45, 7) is 0. The molecule has 4 heteroatoms. The summed E-state index contributed by atoms with van der Waals surface area (Å²) in [6.07, 6.45) is 0.769. The lowest BCUT2D eigenvalue weighted by atomic mass is 10.0. The highest BCUT2D eigenvalue weighted by Gasteiger charge is 2.12. The Morgan fingerprint density at radius 2 is 1.87 bits per heavy atom. The molecule has 2 aromatic heterocycles. The molecule has 0 aliphatic heterocycles. The van der Waals surface area contributed by atoms with Gasteiger partial charge in [-0.15, -0.1) is 11.3 Å². The molecule has 0 unspecified atom stereocenters. The zero-order valence-corrected chi connectivity index (χ0v) is 13.1. The molecule has 112 valence electrons. The van der Waals surface area contributed by atoms with Crippen molar-refractivity contribution >= 4 is 38.2 Å². The second kappa shape index (κ2) is 5.48. The van der Waals surface area contributed by atoms with E-state index in [-0.39, 0.29) is 0 Å². The molecule has 3 nitrogen and oxygen atoms in total. The minimum Gasteiger partial charge on any atom is -0.366 e. The summed E-state index contributed by atoms with van der Waals surface area (Å²) < 4.78 is 1.21. The number of hydrogen-bond acceptors (Lipinski definition) is 3. The number of carbonyl (C=O) groups is 1. The molecule has 0 bridgehead atoms. The molecule has 4 aromatic rings. The molecule has 0 aliphatic carbocycles. The fraction of sp³-hybridized carbons (Fsp3) is 0.0526. The summed E-state index contributed by atoms with van der Waals surface area (Å²) in [6, 6.07) is 17.9. The minimum atomic E-state index is -0.426. The van der Waals surface area contributed by atoms with Gasteiger partial charge in [0.1, 0.15) is 0 Å². The SMILES string of the molecule is NC(=O)c1ccc2c(c1)nc(Cc1ccccc1)c1ccsc12. The number of nitrogens with zero attached hydrogens (tertiary/aromatic N) is 1. The van der Waals surface area contributed by atoms with Crippen LogP contribution in [-0.4, -0.2) is 10.9 Å². The molecule has 0 atom stereocenters. The van der Waals surface area contributed by atoms with E-state index in [0.717, 1.165) is 23.0 Å². The maximum Gasteiger partial charge on any atom is 0.248 e. The number of primary amides is 1. The maximum absolute atomic E-state index is 11.4. The summed E-state index contributed by atoms with van der Waals surface area (Å²) in [5.41, 5.74) is 8.96. The highest BCUT2D eigenvalue weighted by Crippen LogP contribution is 2.32. The van der Waals surface area contributed by atoms with Gasteiger partial charge in [-0.05, 0) is 29.1 Å². The summed E-state index contributed by atoms with van der Waals surface area (Å²) in [7, 11) is 0. The predicted octanol–water partition coefficient (Wildman–Crippen LogP) is 4.14. The van der Waals surface area contributed by atoms with Crippen molar-refractivity contribution in [2.45, 2.75) is 6.42 Å². The third-order valence-electron chi connectivity index (χ3n) is 3.97. The Morgan fingerprint density at radius 1 is 1.04 bits per heavy atom. The number of pyridine rings is 1. The smallest absolute Gasteiger partial charge is 0.248 e. The van der Waals surface area contributed by atoms with E-state index in [2.05, 4.69) is 23.6 Å². The Hall–Kier alpha value is -2.72. The van der Waals surface area contributed by atoms with Crippen LogP contribution in [0.15, 0.2) is 60.0 Å². The Morgan fingerprint density at radius 3 is 2.65 bits per heavy atom. The van der Waals surface area contributed by atoms with Crippen LogP contribution in [0, 0.1) is 0 Å². The summed E-state index contributed by atoms with van der Waals surface area (Å²) >= 11 is 1.70. The van der Waals surface area contributed by atoms with E-state index in [1.54, 1.807) is 23.5 Å². The van der Waals surface area contributed by atoms with E-state index < -0.39 is 5.91 Å². The van der Waals surface area contributed by atoms with Gasteiger partial charge in [0.25, 0.3) is 0 Å².